The first kappa shape index (κ1) is 15.1. The average Bonchev–Trinajstić information content (AvgIpc) is 2.44. The van der Waals surface area contributed by atoms with Gasteiger partial charge >= 0.3 is 0 Å². The Morgan fingerprint density at radius 1 is 1.05 bits per heavy atom. The molecule has 2 rings (SSSR count). The van der Waals surface area contributed by atoms with E-state index in [2.05, 4.69) is 10.3 Å². The van der Waals surface area contributed by atoms with E-state index in [4.69, 9.17) is 4.74 Å². The van der Waals surface area contributed by atoms with Crippen molar-refractivity contribution >= 4 is 5.69 Å². The first-order chi connectivity index (χ1) is 9.92. The number of nitrogens with zero attached hydrogens (tertiary/aromatic N) is 1. The largest absolute Gasteiger partial charge is 0.497 e. The number of pyridine rings is 1. The molecule has 0 aliphatic rings. The van der Waals surface area contributed by atoms with Gasteiger partial charge in [-0.3, -0.25) is 4.98 Å². The molecule has 0 spiro atoms. The van der Waals surface area contributed by atoms with Crippen molar-refractivity contribution in [2.75, 3.05) is 12.4 Å². The van der Waals surface area contributed by atoms with Crippen LogP contribution in [0.4, 0.5) is 23.2 Å². The summed E-state index contributed by atoms with van der Waals surface area (Å²) < 4.78 is 58.1. The second-order valence-electron chi connectivity index (χ2n) is 4.34. The second kappa shape index (κ2) is 5.99. The predicted molar refractivity (Wildman–Crippen MR) is 69.1 cm³/mol. The number of anilines is 1. The maximum absolute atomic E-state index is 13.5. The quantitative estimate of drug-likeness (QED) is 0.692. The number of nitrogens with one attached hydrogen (secondary N) is 1. The van der Waals surface area contributed by atoms with Gasteiger partial charge in [-0.2, -0.15) is 0 Å². The van der Waals surface area contributed by atoms with Gasteiger partial charge in [0.05, 0.1) is 19.3 Å². The normalized spacial score (nSPS) is 10.6. The molecule has 0 saturated heterocycles. The van der Waals surface area contributed by atoms with Crippen LogP contribution in [0.1, 0.15) is 11.4 Å². The van der Waals surface area contributed by atoms with Gasteiger partial charge in [0, 0.05) is 23.9 Å². The lowest BCUT2D eigenvalue weighted by molar-refractivity contribution is 0.413. The first-order valence-electron chi connectivity index (χ1n) is 6.00. The summed E-state index contributed by atoms with van der Waals surface area (Å²) in [6.07, 6.45) is 0. The van der Waals surface area contributed by atoms with Crippen LogP contribution in [0.2, 0.25) is 0 Å². The molecule has 7 heteroatoms. The van der Waals surface area contributed by atoms with Crippen molar-refractivity contribution in [3.8, 4) is 5.75 Å². The summed E-state index contributed by atoms with van der Waals surface area (Å²) >= 11 is 0. The molecule has 0 bridgehead atoms. The van der Waals surface area contributed by atoms with Gasteiger partial charge in [0.1, 0.15) is 11.4 Å². The average molecular weight is 300 g/mol. The van der Waals surface area contributed by atoms with E-state index in [1.165, 1.54) is 7.11 Å². The van der Waals surface area contributed by atoms with Crippen molar-refractivity contribution in [3.63, 3.8) is 0 Å². The number of aryl methyl sites for hydroxylation is 1. The number of benzene rings is 1. The molecule has 0 unspecified atom stereocenters. The third-order valence-electron chi connectivity index (χ3n) is 2.77. The van der Waals surface area contributed by atoms with Crippen LogP contribution in [-0.4, -0.2) is 12.1 Å². The lowest BCUT2D eigenvalue weighted by Crippen LogP contribution is -2.08. The maximum atomic E-state index is 13.5. The minimum Gasteiger partial charge on any atom is -0.497 e. The van der Waals surface area contributed by atoms with Crippen molar-refractivity contribution < 1.29 is 22.3 Å². The van der Waals surface area contributed by atoms with Gasteiger partial charge in [-0.05, 0) is 6.92 Å². The molecule has 0 aliphatic carbocycles. The molecule has 0 radical (unpaired) electrons. The van der Waals surface area contributed by atoms with Crippen molar-refractivity contribution in [3.05, 3.63) is 52.9 Å². The third-order valence-corrected chi connectivity index (χ3v) is 2.77. The van der Waals surface area contributed by atoms with E-state index in [1.807, 2.05) is 0 Å². The molecule has 0 amide bonds. The number of hydrogen-bond acceptors (Lipinski definition) is 3. The molecule has 0 fully saturated rings. The summed E-state index contributed by atoms with van der Waals surface area (Å²) in [4.78, 5) is 4.13. The Balaban J connectivity index is 2.26. The summed E-state index contributed by atoms with van der Waals surface area (Å²) in [6.45, 7) is 1.60. The number of methoxy groups -OCH3 is 1. The highest BCUT2D eigenvalue weighted by atomic mass is 19.2. The SMILES string of the molecule is COc1cc(C)nc(CNc2c(F)c(F)cc(F)c2F)c1. The number of ether oxygens (including phenoxy) is 1. The fraction of sp³-hybridized carbons (Fsp3) is 0.214. The van der Waals surface area contributed by atoms with Crippen LogP contribution in [-0.2, 0) is 6.54 Å². The maximum Gasteiger partial charge on any atom is 0.185 e. The van der Waals surface area contributed by atoms with Gasteiger partial charge in [0.2, 0.25) is 0 Å². The molecular formula is C14H12F4N2O. The Hall–Kier alpha value is -2.31. The molecule has 1 aromatic carbocycles. The van der Waals surface area contributed by atoms with E-state index in [1.54, 1.807) is 19.1 Å². The van der Waals surface area contributed by atoms with Crippen LogP contribution in [0, 0.1) is 30.2 Å². The van der Waals surface area contributed by atoms with Crippen LogP contribution in [0.5, 0.6) is 5.75 Å². The van der Waals surface area contributed by atoms with Gasteiger partial charge in [-0.15, -0.1) is 0 Å². The number of aromatic nitrogens is 1. The molecular weight excluding hydrogens is 288 g/mol. The van der Waals surface area contributed by atoms with Crippen molar-refractivity contribution in [1.82, 2.24) is 4.98 Å². The monoisotopic (exact) mass is 300 g/mol. The van der Waals surface area contributed by atoms with E-state index in [0.717, 1.165) is 0 Å². The molecule has 21 heavy (non-hydrogen) atoms. The minimum absolute atomic E-state index is 0.116. The van der Waals surface area contributed by atoms with Gasteiger partial charge in [0.15, 0.2) is 23.3 Å². The molecule has 1 aromatic heterocycles. The molecule has 0 saturated carbocycles. The molecule has 1 N–H and O–H groups in total. The summed E-state index contributed by atoms with van der Waals surface area (Å²) in [5.41, 5.74) is 0.183. The lowest BCUT2D eigenvalue weighted by atomic mass is 10.2. The standard InChI is InChI=1S/C14H12F4N2O/c1-7-3-9(21-2)4-8(20-7)6-19-14-12(17)10(15)5-11(16)13(14)18/h3-5,19H,6H2,1-2H3. The fourth-order valence-electron chi connectivity index (χ4n) is 1.82. The molecule has 2 aromatic rings. The summed E-state index contributed by atoms with van der Waals surface area (Å²) in [5, 5.41) is 2.31. The molecule has 0 atom stereocenters. The topological polar surface area (TPSA) is 34.1 Å². The minimum atomic E-state index is -1.48. The van der Waals surface area contributed by atoms with E-state index in [0.29, 0.717) is 17.1 Å². The Labute approximate surface area is 118 Å². The Morgan fingerprint density at radius 2 is 1.67 bits per heavy atom. The summed E-state index contributed by atoms with van der Waals surface area (Å²) in [7, 11) is 1.47. The highest BCUT2D eigenvalue weighted by Gasteiger charge is 2.18. The zero-order valence-electron chi connectivity index (χ0n) is 11.3. The zero-order valence-corrected chi connectivity index (χ0v) is 11.3. The highest BCUT2D eigenvalue weighted by Crippen LogP contribution is 2.25. The fourth-order valence-corrected chi connectivity index (χ4v) is 1.82. The molecule has 1 heterocycles. The molecule has 0 aliphatic heterocycles. The van der Waals surface area contributed by atoms with Gasteiger partial charge in [-0.1, -0.05) is 0 Å². The summed E-state index contributed by atoms with van der Waals surface area (Å²) in [5.74, 6) is -5.37. The van der Waals surface area contributed by atoms with Gasteiger partial charge < -0.3 is 10.1 Å². The van der Waals surface area contributed by atoms with Gasteiger partial charge in [-0.25, -0.2) is 17.6 Å². The van der Waals surface area contributed by atoms with Crippen LogP contribution in [0.3, 0.4) is 0 Å². The van der Waals surface area contributed by atoms with Crippen molar-refractivity contribution in [1.29, 1.82) is 0 Å². The first-order valence-corrected chi connectivity index (χ1v) is 6.00. The Bertz CT molecular complexity index is 650. The van der Waals surface area contributed by atoms with E-state index >= 15 is 0 Å². The van der Waals surface area contributed by atoms with Crippen molar-refractivity contribution in [2.24, 2.45) is 0 Å². The molecule has 112 valence electrons. The van der Waals surface area contributed by atoms with Crippen LogP contribution < -0.4 is 10.1 Å². The van der Waals surface area contributed by atoms with E-state index < -0.39 is 29.0 Å². The van der Waals surface area contributed by atoms with Crippen LogP contribution >= 0.6 is 0 Å². The van der Waals surface area contributed by atoms with E-state index in [-0.39, 0.29) is 12.6 Å². The van der Waals surface area contributed by atoms with Gasteiger partial charge in [0.25, 0.3) is 0 Å². The van der Waals surface area contributed by atoms with Crippen LogP contribution in [0.15, 0.2) is 18.2 Å². The van der Waals surface area contributed by atoms with Crippen LogP contribution in [0.25, 0.3) is 0 Å². The van der Waals surface area contributed by atoms with Crippen molar-refractivity contribution in [2.45, 2.75) is 13.5 Å². The molecule has 3 nitrogen and oxygen atoms in total. The number of hydrogen-bond donors (Lipinski definition) is 1. The predicted octanol–water partition coefficient (Wildman–Crippen LogP) is 3.57. The number of rotatable bonds is 4. The highest BCUT2D eigenvalue weighted by molar-refractivity contribution is 5.47. The lowest BCUT2D eigenvalue weighted by Gasteiger charge is -2.11. The third kappa shape index (κ3) is 3.24. The Morgan fingerprint density at radius 3 is 2.24 bits per heavy atom. The van der Waals surface area contributed by atoms with E-state index in [9.17, 15) is 17.6 Å². The number of halogens is 4. The Kier molecular flexibility index (Phi) is 4.30. The second-order valence-corrected chi connectivity index (χ2v) is 4.34. The summed E-state index contributed by atoms with van der Waals surface area (Å²) in [6, 6.07) is 3.38. The zero-order chi connectivity index (χ0) is 15.6. The smallest absolute Gasteiger partial charge is 0.185 e.